The van der Waals surface area contributed by atoms with Crippen LogP contribution >= 0.6 is 0 Å². The van der Waals surface area contributed by atoms with Crippen LogP contribution < -0.4 is 16.4 Å². The fraction of sp³-hybridized carbons (Fsp3) is 0.129. The first-order valence-electron chi connectivity index (χ1n) is 23.4. The molecular weight excluding hydrogens is 784 g/mol. The van der Waals surface area contributed by atoms with Gasteiger partial charge in [-0.3, -0.25) is 0 Å². The minimum absolute atomic E-state index is 0.0390. The van der Waals surface area contributed by atoms with E-state index in [2.05, 4.69) is 214 Å². The molecule has 11 aromatic carbocycles. The number of hydrogen-bond donors (Lipinski definition) is 0. The molecule has 0 atom stereocenters. The lowest BCUT2D eigenvalue weighted by atomic mass is 9.34. The lowest BCUT2D eigenvalue weighted by Gasteiger charge is -2.35. The Kier molecular flexibility index (Phi) is 6.57. The zero-order valence-electron chi connectivity index (χ0n) is 37.6. The second-order valence-corrected chi connectivity index (χ2v) is 21.2. The van der Waals surface area contributed by atoms with Gasteiger partial charge in [0.05, 0.1) is 11.0 Å². The SMILES string of the molecule is CC(C)(C)c1cc2c3c(c1)c1c4c5ccccc5c5ccccc5c4ccc1n3-c1cccc3c1B2c1cc(C(C)(C)C)cc2c4c5c6ccccc6c6ccccc6c5ccc4n-3c12. The highest BCUT2D eigenvalue weighted by molar-refractivity contribution is 7.00. The predicted octanol–water partition coefficient (Wildman–Crippen LogP) is 14.5. The number of aromatic nitrogens is 2. The Balaban J connectivity index is 1.17. The molecule has 0 aliphatic carbocycles. The Morgan fingerprint density at radius 1 is 0.323 bits per heavy atom. The topological polar surface area (TPSA) is 9.86 Å². The molecule has 0 unspecified atom stereocenters. The van der Waals surface area contributed by atoms with Crippen molar-refractivity contribution in [2.45, 2.75) is 52.4 Å². The average molecular weight is 829 g/mol. The minimum atomic E-state index is -0.0762. The summed E-state index contributed by atoms with van der Waals surface area (Å²) in [5.41, 5.74) is 14.6. The Labute approximate surface area is 377 Å². The average Bonchev–Trinajstić information content (AvgIpc) is 3.85. The maximum Gasteiger partial charge on any atom is 0.252 e. The van der Waals surface area contributed by atoms with E-state index in [4.69, 9.17) is 0 Å². The van der Waals surface area contributed by atoms with Gasteiger partial charge in [-0.2, -0.15) is 0 Å². The second kappa shape index (κ2) is 11.9. The van der Waals surface area contributed by atoms with Gasteiger partial charge in [0.2, 0.25) is 0 Å². The molecule has 2 aliphatic heterocycles. The number of benzene rings is 11. The summed E-state index contributed by atoms with van der Waals surface area (Å²) in [5, 5.41) is 21.2. The third kappa shape index (κ3) is 4.37. The molecule has 0 N–H and O–H groups in total. The molecular formula is C62H45BN2. The van der Waals surface area contributed by atoms with Crippen molar-refractivity contribution in [1.82, 2.24) is 9.13 Å². The van der Waals surface area contributed by atoms with Crippen LogP contribution in [0, 0.1) is 0 Å². The van der Waals surface area contributed by atoms with Gasteiger partial charge in [-0.1, -0.05) is 169 Å². The first-order chi connectivity index (χ1) is 31.6. The van der Waals surface area contributed by atoms with Crippen molar-refractivity contribution in [2.24, 2.45) is 0 Å². The lowest BCUT2D eigenvalue weighted by molar-refractivity contribution is 0.591. The van der Waals surface area contributed by atoms with Gasteiger partial charge in [-0.15, -0.1) is 0 Å². The summed E-state index contributed by atoms with van der Waals surface area (Å²) in [6.07, 6.45) is 0. The summed E-state index contributed by atoms with van der Waals surface area (Å²) >= 11 is 0. The molecule has 0 fully saturated rings. The number of fused-ring (bicyclic) bond motifs is 24. The van der Waals surface area contributed by atoms with Crippen molar-refractivity contribution in [1.29, 1.82) is 0 Å². The van der Waals surface area contributed by atoms with Crippen LogP contribution in [0.4, 0.5) is 0 Å². The molecule has 0 bridgehead atoms. The lowest BCUT2D eigenvalue weighted by Crippen LogP contribution is -2.59. The molecule has 2 nitrogen and oxygen atoms in total. The van der Waals surface area contributed by atoms with Gasteiger partial charge in [-0.25, -0.2) is 0 Å². The van der Waals surface area contributed by atoms with E-state index >= 15 is 0 Å². The van der Waals surface area contributed by atoms with Crippen molar-refractivity contribution in [3.05, 3.63) is 175 Å². The molecule has 0 saturated heterocycles. The van der Waals surface area contributed by atoms with E-state index in [1.807, 2.05) is 0 Å². The third-order valence-corrected chi connectivity index (χ3v) is 15.7. The number of nitrogens with zero attached hydrogens (tertiary/aromatic N) is 2. The highest BCUT2D eigenvalue weighted by Gasteiger charge is 2.42. The second-order valence-electron chi connectivity index (χ2n) is 21.2. The third-order valence-electron chi connectivity index (χ3n) is 15.7. The number of hydrogen-bond acceptors (Lipinski definition) is 0. The van der Waals surface area contributed by atoms with Crippen molar-refractivity contribution >= 4 is 131 Å². The van der Waals surface area contributed by atoms with E-state index in [9.17, 15) is 0 Å². The molecule has 65 heavy (non-hydrogen) atoms. The van der Waals surface area contributed by atoms with Gasteiger partial charge in [-0.05, 0) is 129 Å². The molecule has 2 aromatic heterocycles. The molecule has 4 heterocycles. The Bertz CT molecular complexity index is 4030. The highest BCUT2D eigenvalue weighted by atomic mass is 15.0. The molecule has 0 amide bonds. The van der Waals surface area contributed by atoms with E-state index < -0.39 is 0 Å². The van der Waals surface area contributed by atoms with Crippen molar-refractivity contribution < 1.29 is 0 Å². The Hall–Kier alpha value is -7.36. The van der Waals surface area contributed by atoms with Crippen LogP contribution in [0.1, 0.15) is 52.7 Å². The molecule has 0 saturated carbocycles. The maximum absolute atomic E-state index is 2.65. The van der Waals surface area contributed by atoms with Crippen molar-refractivity contribution in [2.75, 3.05) is 0 Å². The van der Waals surface area contributed by atoms with Crippen LogP contribution in [0.25, 0.3) is 120 Å². The minimum Gasteiger partial charge on any atom is -0.310 e. The van der Waals surface area contributed by atoms with Crippen LogP contribution in [0.15, 0.2) is 164 Å². The van der Waals surface area contributed by atoms with Crippen molar-refractivity contribution in [3.8, 4) is 11.4 Å². The van der Waals surface area contributed by atoms with Gasteiger partial charge >= 0.3 is 0 Å². The fourth-order valence-electron chi connectivity index (χ4n) is 12.8. The first-order valence-corrected chi connectivity index (χ1v) is 23.4. The Morgan fingerprint density at radius 3 is 1.03 bits per heavy atom. The van der Waals surface area contributed by atoms with Crippen LogP contribution in [-0.2, 0) is 10.8 Å². The van der Waals surface area contributed by atoms with E-state index in [0.717, 1.165) is 0 Å². The zero-order valence-corrected chi connectivity index (χ0v) is 37.6. The van der Waals surface area contributed by atoms with E-state index in [1.54, 1.807) is 0 Å². The molecule has 13 aromatic rings. The van der Waals surface area contributed by atoms with Crippen LogP contribution in [0.5, 0.6) is 0 Å². The fourth-order valence-corrected chi connectivity index (χ4v) is 12.8. The summed E-state index contributed by atoms with van der Waals surface area (Å²) in [5.74, 6) is 0. The summed E-state index contributed by atoms with van der Waals surface area (Å²) in [6.45, 7) is 14.4. The summed E-state index contributed by atoms with van der Waals surface area (Å²) in [6, 6.07) is 63.3. The zero-order chi connectivity index (χ0) is 43.4. The quantitative estimate of drug-likeness (QED) is 0.106. The van der Waals surface area contributed by atoms with Crippen LogP contribution in [0.2, 0.25) is 0 Å². The van der Waals surface area contributed by atoms with Crippen LogP contribution in [-0.4, -0.2) is 15.8 Å². The van der Waals surface area contributed by atoms with Crippen molar-refractivity contribution in [3.63, 3.8) is 0 Å². The van der Waals surface area contributed by atoms with Gasteiger partial charge < -0.3 is 9.13 Å². The van der Waals surface area contributed by atoms with E-state index in [-0.39, 0.29) is 17.5 Å². The van der Waals surface area contributed by atoms with E-state index in [1.165, 1.54) is 147 Å². The first kappa shape index (κ1) is 36.0. The largest absolute Gasteiger partial charge is 0.310 e. The molecule has 0 spiro atoms. The smallest absolute Gasteiger partial charge is 0.252 e. The monoisotopic (exact) mass is 828 g/mol. The maximum atomic E-state index is 2.65. The number of rotatable bonds is 0. The van der Waals surface area contributed by atoms with E-state index in [0.29, 0.717) is 0 Å². The normalized spacial score (nSPS) is 13.7. The van der Waals surface area contributed by atoms with Gasteiger partial charge in [0, 0.05) is 54.7 Å². The molecule has 0 radical (unpaired) electrons. The summed E-state index contributed by atoms with van der Waals surface area (Å²) in [4.78, 5) is 0. The summed E-state index contributed by atoms with van der Waals surface area (Å²) in [7, 11) is 0. The van der Waals surface area contributed by atoms with Gasteiger partial charge in [0.1, 0.15) is 0 Å². The highest BCUT2D eigenvalue weighted by Crippen LogP contribution is 2.48. The molecule has 306 valence electrons. The predicted molar refractivity (Wildman–Crippen MR) is 282 cm³/mol. The molecule has 3 heteroatoms. The van der Waals surface area contributed by atoms with Gasteiger partial charge in [0.25, 0.3) is 6.71 Å². The molecule has 2 aliphatic rings. The molecule has 15 rings (SSSR count). The summed E-state index contributed by atoms with van der Waals surface area (Å²) < 4.78 is 5.31. The standard InChI is InChI=1S/C62H45BN2/c1-61(2,3)34-30-46-56-50(28-26-44-40-20-9-7-16-36(40)38-18-11-13-22-42(38)54(44)56)64-52-24-15-25-53-58(52)63(48(32-34)59(46)64)49-33-35(62(4,5)6)31-47-57-51(65(53)60(47)49)29-27-45-41-21-10-8-17-37(41)39-19-12-14-23-43(39)55(45)57/h7-33H,1-6H3. The Morgan fingerprint density at radius 2 is 0.662 bits per heavy atom. The van der Waals surface area contributed by atoms with Crippen LogP contribution in [0.3, 0.4) is 0 Å². The van der Waals surface area contributed by atoms with Gasteiger partial charge in [0.15, 0.2) is 0 Å².